The van der Waals surface area contributed by atoms with Crippen LogP contribution >= 0.6 is 23.4 Å². The number of amides is 3. The second-order valence-corrected chi connectivity index (χ2v) is 11.7. The molecule has 3 amide bonds. The van der Waals surface area contributed by atoms with Crippen LogP contribution in [0.1, 0.15) is 40.4 Å². The van der Waals surface area contributed by atoms with Gasteiger partial charge in [-0.3, -0.25) is 14.4 Å². The summed E-state index contributed by atoms with van der Waals surface area (Å²) in [6.07, 6.45) is 2.23. The van der Waals surface area contributed by atoms with Crippen LogP contribution in [0, 0.1) is 13.8 Å². The van der Waals surface area contributed by atoms with E-state index in [-0.39, 0.29) is 11.6 Å². The molecule has 0 saturated carbocycles. The fourth-order valence-corrected chi connectivity index (χ4v) is 5.49. The zero-order valence-corrected chi connectivity index (χ0v) is 26.5. The van der Waals surface area contributed by atoms with E-state index in [2.05, 4.69) is 16.0 Å². The maximum atomic E-state index is 13.5. The quantitative estimate of drug-likeness (QED) is 0.116. The van der Waals surface area contributed by atoms with E-state index < -0.39 is 17.1 Å². The van der Waals surface area contributed by atoms with Gasteiger partial charge in [-0.15, -0.1) is 11.8 Å². The summed E-state index contributed by atoms with van der Waals surface area (Å²) in [5.74, 6) is -0.574. The second kappa shape index (κ2) is 15.3. The van der Waals surface area contributed by atoms with Crippen LogP contribution < -0.4 is 20.7 Å². The Hall–Kier alpha value is -4.53. The highest BCUT2D eigenvalue weighted by molar-refractivity contribution is 8.00. The number of halogens is 1. The highest BCUT2D eigenvalue weighted by Gasteiger charge is 2.21. The number of anilines is 2. The predicted octanol–water partition coefficient (Wildman–Crippen LogP) is 7.88. The predicted molar refractivity (Wildman–Crippen MR) is 179 cm³/mol. The van der Waals surface area contributed by atoms with E-state index in [1.54, 1.807) is 60.7 Å². The number of nitrogens with one attached hydrogen (secondary N) is 3. The van der Waals surface area contributed by atoms with E-state index in [4.69, 9.17) is 16.3 Å². The maximum absolute atomic E-state index is 13.5. The highest BCUT2D eigenvalue weighted by atomic mass is 35.5. The van der Waals surface area contributed by atoms with Crippen molar-refractivity contribution in [2.24, 2.45) is 0 Å². The van der Waals surface area contributed by atoms with E-state index in [9.17, 15) is 14.4 Å². The van der Waals surface area contributed by atoms with Gasteiger partial charge >= 0.3 is 0 Å². The molecule has 1 atom stereocenters. The van der Waals surface area contributed by atoms with Crippen molar-refractivity contribution in [2.75, 3.05) is 17.7 Å². The summed E-state index contributed by atoms with van der Waals surface area (Å²) < 4.78 is 5.40. The lowest BCUT2D eigenvalue weighted by Gasteiger charge is -2.18. The molecule has 0 bridgehead atoms. The smallest absolute Gasteiger partial charge is 0.272 e. The summed E-state index contributed by atoms with van der Waals surface area (Å²) in [6, 6.07) is 27.0. The summed E-state index contributed by atoms with van der Waals surface area (Å²) in [7, 11) is 1.53. The zero-order valence-electron chi connectivity index (χ0n) is 24.9. The third-order valence-corrected chi connectivity index (χ3v) is 8.55. The Kier molecular flexibility index (Phi) is 11.2. The number of thioether (sulfide) groups is 1. The summed E-state index contributed by atoms with van der Waals surface area (Å²) in [4.78, 5) is 40.5. The van der Waals surface area contributed by atoms with Crippen LogP contribution in [0.3, 0.4) is 0 Å². The number of rotatable bonds is 11. The van der Waals surface area contributed by atoms with Gasteiger partial charge in [0, 0.05) is 27.2 Å². The van der Waals surface area contributed by atoms with Gasteiger partial charge in [-0.05, 0) is 79.4 Å². The normalized spacial score (nSPS) is 11.8. The molecule has 0 radical (unpaired) electrons. The van der Waals surface area contributed by atoms with Crippen LogP contribution in [0.4, 0.5) is 11.4 Å². The molecule has 1 unspecified atom stereocenters. The standard InChI is InChI=1S/C35H34ClN3O4S/c1-5-32(35(42)38-29-18-23(3)28(36)21-31(29)43-4)44-27-17-11-16-26(20-27)37-34(41)30(19-25-15-10-9-12-22(25)2)39-33(40)24-13-7-6-8-14-24/h6-21,32H,5H2,1-4H3,(H,37,41)(H,38,42)(H,39,40)/b30-19-. The lowest BCUT2D eigenvalue weighted by atomic mass is 10.1. The second-order valence-electron chi connectivity index (χ2n) is 10.0. The average molecular weight is 628 g/mol. The molecule has 3 N–H and O–H groups in total. The zero-order chi connectivity index (χ0) is 31.6. The molecular formula is C35H34ClN3O4S. The Bertz CT molecular complexity index is 1690. The lowest BCUT2D eigenvalue weighted by Crippen LogP contribution is -2.30. The lowest BCUT2D eigenvalue weighted by molar-refractivity contribution is -0.116. The molecule has 4 aromatic rings. The molecule has 0 aliphatic rings. The van der Waals surface area contributed by atoms with Gasteiger partial charge < -0.3 is 20.7 Å². The summed E-state index contributed by atoms with van der Waals surface area (Å²) >= 11 is 7.60. The van der Waals surface area contributed by atoms with Crippen LogP contribution in [0.2, 0.25) is 5.02 Å². The van der Waals surface area contributed by atoms with Gasteiger partial charge in [-0.25, -0.2) is 0 Å². The molecule has 44 heavy (non-hydrogen) atoms. The third-order valence-electron chi connectivity index (χ3n) is 6.79. The van der Waals surface area contributed by atoms with E-state index in [0.717, 1.165) is 21.6 Å². The monoisotopic (exact) mass is 627 g/mol. The number of carbonyl (C=O) groups excluding carboxylic acids is 3. The number of ether oxygens (including phenoxy) is 1. The SMILES string of the molecule is CCC(Sc1cccc(NC(=O)/C(=C/c2ccccc2C)NC(=O)c2ccccc2)c1)C(=O)Nc1cc(C)c(Cl)cc1OC. The van der Waals surface area contributed by atoms with Crippen molar-refractivity contribution >= 4 is 58.5 Å². The van der Waals surface area contributed by atoms with Crippen molar-refractivity contribution < 1.29 is 19.1 Å². The average Bonchev–Trinajstić information content (AvgIpc) is 3.02. The molecule has 7 nitrogen and oxygen atoms in total. The van der Waals surface area contributed by atoms with Gasteiger partial charge in [0.1, 0.15) is 11.4 Å². The summed E-state index contributed by atoms with van der Waals surface area (Å²) in [6.45, 7) is 5.73. The summed E-state index contributed by atoms with van der Waals surface area (Å²) in [5.41, 5.74) is 4.19. The van der Waals surface area contributed by atoms with Gasteiger partial charge in [0.15, 0.2) is 0 Å². The van der Waals surface area contributed by atoms with E-state index in [1.165, 1.54) is 18.9 Å². The van der Waals surface area contributed by atoms with Gasteiger partial charge in [0.05, 0.1) is 18.0 Å². The minimum absolute atomic E-state index is 0.101. The molecule has 0 saturated heterocycles. The van der Waals surface area contributed by atoms with Crippen molar-refractivity contribution in [1.82, 2.24) is 5.32 Å². The fraction of sp³-hybridized carbons (Fsp3) is 0.171. The first-order valence-electron chi connectivity index (χ1n) is 14.0. The van der Waals surface area contributed by atoms with Crippen molar-refractivity contribution in [3.63, 3.8) is 0 Å². The van der Waals surface area contributed by atoms with Crippen LogP contribution in [-0.4, -0.2) is 30.1 Å². The Labute approximate surface area is 267 Å². The Morgan fingerprint density at radius 3 is 2.32 bits per heavy atom. The van der Waals surface area contributed by atoms with Gasteiger partial charge in [0.2, 0.25) is 5.91 Å². The van der Waals surface area contributed by atoms with Crippen molar-refractivity contribution in [2.45, 2.75) is 37.3 Å². The first kappa shape index (κ1) is 32.4. The van der Waals surface area contributed by atoms with Crippen LogP contribution in [-0.2, 0) is 9.59 Å². The minimum atomic E-state index is -0.477. The van der Waals surface area contributed by atoms with Crippen LogP contribution in [0.5, 0.6) is 5.75 Å². The molecule has 0 aliphatic heterocycles. The fourth-order valence-electron chi connectivity index (χ4n) is 4.32. The molecule has 0 spiro atoms. The molecule has 0 heterocycles. The van der Waals surface area contributed by atoms with Gasteiger partial charge in [-0.2, -0.15) is 0 Å². The first-order chi connectivity index (χ1) is 21.2. The van der Waals surface area contributed by atoms with Crippen molar-refractivity contribution in [3.05, 3.63) is 124 Å². The van der Waals surface area contributed by atoms with Crippen molar-refractivity contribution in [3.8, 4) is 5.75 Å². The van der Waals surface area contributed by atoms with E-state index >= 15 is 0 Å². The van der Waals surface area contributed by atoms with E-state index in [0.29, 0.717) is 34.1 Å². The molecular weight excluding hydrogens is 594 g/mol. The number of hydrogen-bond donors (Lipinski definition) is 3. The number of hydrogen-bond acceptors (Lipinski definition) is 5. The van der Waals surface area contributed by atoms with Crippen LogP contribution in [0.25, 0.3) is 6.08 Å². The first-order valence-corrected chi connectivity index (χ1v) is 15.3. The number of aryl methyl sites for hydroxylation is 2. The van der Waals surface area contributed by atoms with Crippen molar-refractivity contribution in [1.29, 1.82) is 0 Å². The van der Waals surface area contributed by atoms with Gasteiger partial charge in [0.25, 0.3) is 11.8 Å². The Balaban J connectivity index is 1.51. The minimum Gasteiger partial charge on any atom is -0.495 e. The Morgan fingerprint density at radius 1 is 0.886 bits per heavy atom. The molecule has 0 fully saturated rings. The Morgan fingerprint density at radius 2 is 1.61 bits per heavy atom. The highest BCUT2D eigenvalue weighted by Crippen LogP contribution is 2.33. The maximum Gasteiger partial charge on any atom is 0.272 e. The molecule has 0 aromatic heterocycles. The molecule has 9 heteroatoms. The van der Waals surface area contributed by atoms with Gasteiger partial charge in [-0.1, -0.05) is 67.1 Å². The number of methoxy groups -OCH3 is 1. The number of carbonyl (C=O) groups is 3. The molecule has 4 rings (SSSR count). The summed E-state index contributed by atoms with van der Waals surface area (Å²) in [5, 5.41) is 8.77. The van der Waals surface area contributed by atoms with Crippen LogP contribution in [0.15, 0.2) is 102 Å². The van der Waals surface area contributed by atoms with E-state index in [1.807, 2.05) is 57.2 Å². The molecule has 226 valence electrons. The molecule has 4 aromatic carbocycles. The number of benzene rings is 4. The topological polar surface area (TPSA) is 96.5 Å². The third kappa shape index (κ3) is 8.52. The molecule has 0 aliphatic carbocycles. The largest absolute Gasteiger partial charge is 0.495 e.